The maximum absolute atomic E-state index is 11.5. The Morgan fingerprint density at radius 2 is 1.89 bits per heavy atom. The van der Waals surface area contributed by atoms with Gasteiger partial charge in [-0.2, -0.15) is 0 Å². The van der Waals surface area contributed by atoms with Gasteiger partial charge in [0.1, 0.15) is 23.9 Å². The van der Waals surface area contributed by atoms with Crippen LogP contribution < -0.4 is 4.74 Å². The predicted molar refractivity (Wildman–Crippen MR) is 105 cm³/mol. The van der Waals surface area contributed by atoms with Crippen molar-refractivity contribution in [2.75, 3.05) is 6.26 Å². The number of aromatic hydroxyl groups is 1. The van der Waals surface area contributed by atoms with Crippen LogP contribution in [0.1, 0.15) is 5.56 Å². The molecule has 0 fully saturated rings. The van der Waals surface area contributed by atoms with Gasteiger partial charge in [-0.25, -0.2) is 18.4 Å². The molecule has 2 N–H and O–H groups in total. The average molecular weight is 395 g/mol. The smallest absolute Gasteiger partial charge is 0.178 e. The molecule has 2 aromatic heterocycles. The Labute approximate surface area is 161 Å². The van der Waals surface area contributed by atoms with Gasteiger partial charge in [0.25, 0.3) is 0 Å². The van der Waals surface area contributed by atoms with E-state index in [9.17, 15) is 13.5 Å². The molecular weight excluding hydrogens is 378 g/mol. The van der Waals surface area contributed by atoms with Gasteiger partial charge in [-0.05, 0) is 42.0 Å². The lowest BCUT2D eigenvalue weighted by Gasteiger charge is -2.09. The summed E-state index contributed by atoms with van der Waals surface area (Å²) in [5, 5.41) is 10.4. The number of benzene rings is 2. The van der Waals surface area contributed by atoms with Gasteiger partial charge in [-0.1, -0.05) is 12.1 Å². The van der Waals surface area contributed by atoms with Gasteiger partial charge in [-0.3, -0.25) is 0 Å². The first-order chi connectivity index (χ1) is 13.4. The lowest BCUT2D eigenvalue weighted by molar-refractivity contribution is 0.304. The molecular formula is C20H17N3O4S. The molecule has 28 heavy (non-hydrogen) atoms. The SMILES string of the molecule is CS(=O)(=O)c1ccc(COc2ccc(-c3nc4ncccc4[nH]3)c(O)c2)cc1. The Hall–Kier alpha value is -3.39. The van der Waals surface area contributed by atoms with Crippen LogP contribution in [0.15, 0.2) is 65.7 Å². The van der Waals surface area contributed by atoms with Gasteiger partial charge >= 0.3 is 0 Å². The summed E-state index contributed by atoms with van der Waals surface area (Å²) in [6, 6.07) is 15.1. The number of phenolic OH excluding ortho intramolecular Hbond substituents is 1. The minimum absolute atomic E-state index is 0.0315. The van der Waals surface area contributed by atoms with E-state index in [1.54, 1.807) is 42.6 Å². The number of hydrogen-bond acceptors (Lipinski definition) is 6. The highest BCUT2D eigenvalue weighted by molar-refractivity contribution is 7.90. The molecule has 8 heteroatoms. The molecule has 0 bridgehead atoms. The zero-order valence-corrected chi connectivity index (χ0v) is 15.8. The Kier molecular flexibility index (Phi) is 4.48. The number of H-pyrrole nitrogens is 1. The summed E-state index contributed by atoms with van der Waals surface area (Å²) in [6.07, 6.45) is 2.83. The molecule has 0 radical (unpaired) electrons. The van der Waals surface area contributed by atoms with Crippen molar-refractivity contribution in [3.05, 3.63) is 66.4 Å². The van der Waals surface area contributed by atoms with Crippen LogP contribution in [0.2, 0.25) is 0 Å². The van der Waals surface area contributed by atoms with Crippen LogP contribution in [0.5, 0.6) is 11.5 Å². The van der Waals surface area contributed by atoms with Gasteiger partial charge in [0.2, 0.25) is 0 Å². The van der Waals surface area contributed by atoms with Gasteiger partial charge in [0, 0.05) is 18.5 Å². The summed E-state index contributed by atoms with van der Waals surface area (Å²) in [6.45, 7) is 0.247. The molecule has 4 aromatic rings. The topological polar surface area (TPSA) is 105 Å². The molecule has 7 nitrogen and oxygen atoms in total. The lowest BCUT2D eigenvalue weighted by atomic mass is 10.2. The molecule has 142 valence electrons. The number of pyridine rings is 1. The van der Waals surface area contributed by atoms with E-state index in [1.165, 1.54) is 12.3 Å². The standard InChI is InChI=1S/C20H17N3O4S/c1-28(25,26)15-7-4-13(5-8-15)12-27-14-6-9-16(18(24)11-14)19-22-17-3-2-10-21-20(17)23-19/h2-11,24H,12H2,1H3,(H,21,22,23). The lowest BCUT2D eigenvalue weighted by Crippen LogP contribution is -1.99. The highest BCUT2D eigenvalue weighted by Gasteiger charge is 2.11. The largest absolute Gasteiger partial charge is 0.507 e. The molecule has 0 saturated carbocycles. The number of rotatable bonds is 5. The van der Waals surface area contributed by atoms with E-state index in [0.717, 1.165) is 11.1 Å². The van der Waals surface area contributed by atoms with E-state index in [-0.39, 0.29) is 17.3 Å². The molecule has 0 aliphatic carbocycles. The van der Waals surface area contributed by atoms with Crippen LogP contribution in [0.25, 0.3) is 22.6 Å². The van der Waals surface area contributed by atoms with Crippen LogP contribution in [0.3, 0.4) is 0 Å². The molecule has 0 atom stereocenters. The summed E-state index contributed by atoms with van der Waals surface area (Å²) in [7, 11) is -3.22. The second kappa shape index (κ2) is 6.97. The van der Waals surface area contributed by atoms with Crippen molar-refractivity contribution in [3.63, 3.8) is 0 Å². The van der Waals surface area contributed by atoms with Crippen molar-refractivity contribution < 1.29 is 18.3 Å². The second-order valence-corrected chi connectivity index (χ2v) is 8.36. The summed E-state index contributed by atoms with van der Waals surface area (Å²) in [4.78, 5) is 11.9. The number of aromatic nitrogens is 3. The molecule has 0 unspecified atom stereocenters. The van der Waals surface area contributed by atoms with Crippen molar-refractivity contribution in [2.45, 2.75) is 11.5 Å². The molecule has 2 heterocycles. The van der Waals surface area contributed by atoms with Crippen LogP contribution in [-0.2, 0) is 16.4 Å². The summed E-state index contributed by atoms with van der Waals surface area (Å²) in [5.41, 5.74) is 2.73. The number of hydrogen-bond donors (Lipinski definition) is 2. The predicted octanol–water partition coefficient (Wildman–Crippen LogP) is 3.31. The molecule has 0 spiro atoms. The fourth-order valence-electron chi connectivity index (χ4n) is 2.77. The van der Waals surface area contributed by atoms with Gasteiger partial charge in [0.15, 0.2) is 15.5 Å². The Morgan fingerprint density at radius 1 is 1.11 bits per heavy atom. The first kappa shape index (κ1) is 18.0. The van der Waals surface area contributed by atoms with E-state index >= 15 is 0 Å². The monoisotopic (exact) mass is 395 g/mol. The molecule has 0 saturated heterocycles. The molecule has 2 aromatic carbocycles. The fraction of sp³-hybridized carbons (Fsp3) is 0.100. The minimum atomic E-state index is -3.22. The van der Waals surface area contributed by atoms with Crippen LogP contribution in [0.4, 0.5) is 0 Å². The van der Waals surface area contributed by atoms with Gasteiger partial charge in [-0.15, -0.1) is 0 Å². The van der Waals surface area contributed by atoms with E-state index in [1.807, 2.05) is 12.1 Å². The first-order valence-corrected chi connectivity index (χ1v) is 10.4. The van der Waals surface area contributed by atoms with E-state index in [0.29, 0.717) is 22.8 Å². The minimum Gasteiger partial charge on any atom is -0.507 e. The van der Waals surface area contributed by atoms with Gasteiger partial charge < -0.3 is 14.8 Å². The second-order valence-electron chi connectivity index (χ2n) is 6.34. The summed E-state index contributed by atoms with van der Waals surface area (Å²) in [5.74, 6) is 1.04. The van der Waals surface area contributed by atoms with E-state index in [4.69, 9.17) is 4.74 Å². The van der Waals surface area contributed by atoms with Crippen molar-refractivity contribution in [1.29, 1.82) is 0 Å². The number of fused-ring (bicyclic) bond motifs is 1. The van der Waals surface area contributed by atoms with Crippen molar-refractivity contribution >= 4 is 21.0 Å². The number of phenols is 1. The van der Waals surface area contributed by atoms with Crippen LogP contribution >= 0.6 is 0 Å². The third kappa shape index (κ3) is 3.67. The number of nitrogens with one attached hydrogen (secondary N) is 1. The Morgan fingerprint density at radius 3 is 2.57 bits per heavy atom. The number of ether oxygens (including phenoxy) is 1. The van der Waals surface area contributed by atoms with Gasteiger partial charge in [0.05, 0.1) is 16.0 Å². The number of nitrogens with zero attached hydrogens (tertiary/aromatic N) is 2. The fourth-order valence-corrected chi connectivity index (χ4v) is 3.40. The summed E-state index contributed by atoms with van der Waals surface area (Å²) < 4.78 is 28.7. The van der Waals surface area contributed by atoms with Crippen LogP contribution in [0, 0.1) is 0 Å². The quantitative estimate of drug-likeness (QED) is 0.537. The maximum atomic E-state index is 11.5. The number of imidazole rings is 1. The van der Waals surface area contributed by atoms with E-state index < -0.39 is 9.84 Å². The highest BCUT2D eigenvalue weighted by Crippen LogP contribution is 2.32. The van der Waals surface area contributed by atoms with Crippen molar-refractivity contribution in [3.8, 4) is 22.9 Å². The van der Waals surface area contributed by atoms with E-state index in [2.05, 4.69) is 15.0 Å². The normalized spacial score (nSPS) is 11.6. The highest BCUT2D eigenvalue weighted by atomic mass is 32.2. The van der Waals surface area contributed by atoms with Crippen LogP contribution in [-0.4, -0.2) is 34.7 Å². The van der Waals surface area contributed by atoms with Crippen molar-refractivity contribution in [2.24, 2.45) is 0 Å². The van der Waals surface area contributed by atoms with Crippen molar-refractivity contribution in [1.82, 2.24) is 15.0 Å². The number of aromatic amines is 1. The average Bonchev–Trinajstić information content (AvgIpc) is 3.10. The molecule has 0 aliphatic heterocycles. The zero-order valence-electron chi connectivity index (χ0n) is 15.0. The maximum Gasteiger partial charge on any atom is 0.178 e. The first-order valence-electron chi connectivity index (χ1n) is 8.46. The third-order valence-corrected chi connectivity index (χ3v) is 5.37. The third-order valence-electron chi connectivity index (χ3n) is 4.24. The summed E-state index contributed by atoms with van der Waals surface area (Å²) >= 11 is 0. The molecule has 0 aliphatic rings. The molecule has 4 rings (SSSR count). The Bertz CT molecular complexity index is 1220. The number of sulfone groups is 1. The zero-order chi connectivity index (χ0) is 19.7. The molecule has 0 amide bonds. The Balaban J connectivity index is 1.50.